The molecule has 0 bridgehead atoms. The highest BCUT2D eigenvalue weighted by atomic mass is 16.2. The van der Waals surface area contributed by atoms with Gasteiger partial charge in [-0.3, -0.25) is 0 Å². The topological polar surface area (TPSA) is 57.0 Å². The second kappa shape index (κ2) is 6.54. The van der Waals surface area contributed by atoms with Crippen molar-refractivity contribution in [3.05, 3.63) is 24.2 Å². The number of pyridine rings is 1. The van der Waals surface area contributed by atoms with Gasteiger partial charge in [-0.25, -0.2) is 14.3 Å². The highest BCUT2D eigenvalue weighted by molar-refractivity contribution is 5.74. The molecule has 2 saturated heterocycles. The number of piperidine rings is 1. The summed E-state index contributed by atoms with van der Waals surface area (Å²) in [4.78, 5) is 22.9. The number of nitrogens with zero attached hydrogens (tertiary/aromatic N) is 6. The van der Waals surface area contributed by atoms with E-state index < -0.39 is 0 Å². The van der Waals surface area contributed by atoms with E-state index in [0.29, 0.717) is 6.54 Å². The molecular formula is C18H26N6O. The number of amides is 2. The Balaban J connectivity index is 1.55. The van der Waals surface area contributed by atoms with Gasteiger partial charge in [-0.05, 0) is 37.8 Å². The highest BCUT2D eigenvalue weighted by Gasteiger charge is 2.28. The lowest BCUT2D eigenvalue weighted by atomic mass is 9.98. The minimum atomic E-state index is 0.0739. The zero-order chi connectivity index (χ0) is 17.4. The maximum atomic E-state index is 12.2. The van der Waals surface area contributed by atoms with E-state index in [0.717, 1.165) is 43.9 Å². The van der Waals surface area contributed by atoms with Gasteiger partial charge in [0.2, 0.25) is 0 Å². The standard InChI is InChI=1S/C18H26N6O/c1-21(2)18(25)23-11-5-6-14(12-23)17-19-16-8-7-15(13-24(16)20-17)22-9-3-4-10-22/h7-8,13-14H,3-6,9-12H2,1-2H3/t14-/m0/s1. The average Bonchev–Trinajstić information content (AvgIpc) is 3.29. The maximum Gasteiger partial charge on any atom is 0.319 e. The van der Waals surface area contributed by atoms with E-state index in [-0.39, 0.29) is 11.9 Å². The zero-order valence-electron chi connectivity index (χ0n) is 15.1. The molecule has 0 aromatic carbocycles. The minimum absolute atomic E-state index is 0.0739. The van der Waals surface area contributed by atoms with Gasteiger partial charge in [-0.1, -0.05) is 0 Å². The van der Waals surface area contributed by atoms with Gasteiger partial charge >= 0.3 is 6.03 Å². The lowest BCUT2D eigenvalue weighted by Gasteiger charge is -2.33. The summed E-state index contributed by atoms with van der Waals surface area (Å²) in [7, 11) is 3.60. The molecule has 2 aromatic heterocycles. The lowest BCUT2D eigenvalue weighted by molar-refractivity contribution is 0.153. The highest BCUT2D eigenvalue weighted by Crippen LogP contribution is 2.26. The molecule has 0 spiro atoms. The Morgan fingerprint density at radius 3 is 2.72 bits per heavy atom. The predicted molar refractivity (Wildman–Crippen MR) is 97.1 cm³/mol. The van der Waals surface area contributed by atoms with Crippen LogP contribution in [0, 0.1) is 0 Å². The molecule has 4 heterocycles. The summed E-state index contributed by atoms with van der Waals surface area (Å²) in [5.74, 6) is 1.07. The van der Waals surface area contributed by atoms with Crippen LogP contribution in [-0.4, -0.2) is 70.7 Å². The number of rotatable bonds is 2. The van der Waals surface area contributed by atoms with Gasteiger partial charge in [0.25, 0.3) is 0 Å². The largest absolute Gasteiger partial charge is 0.370 e. The number of anilines is 1. The van der Waals surface area contributed by atoms with Crippen molar-refractivity contribution in [2.24, 2.45) is 0 Å². The van der Waals surface area contributed by atoms with Crippen LogP contribution in [0.25, 0.3) is 5.65 Å². The van der Waals surface area contributed by atoms with Crippen LogP contribution in [0.5, 0.6) is 0 Å². The van der Waals surface area contributed by atoms with Crippen molar-refractivity contribution in [1.29, 1.82) is 0 Å². The maximum absolute atomic E-state index is 12.2. The summed E-state index contributed by atoms with van der Waals surface area (Å²) in [5.41, 5.74) is 2.10. The van der Waals surface area contributed by atoms with E-state index in [1.165, 1.54) is 18.5 Å². The summed E-state index contributed by atoms with van der Waals surface area (Å²) in [6.45, 7) is 3.77. The quantitative estimate of drug-likeness (QED) is 0.839. The van der Waals surface area contributed by atoms with Crippen LogP contribution < -0.4 is 4.90 Å². The molecule has 2 aliphatic rings. The van der Waals surface area contributed by atoms with Gasteiger partial charge in [0.05, 0.1) is 11.9 Å². The van der Waals surface area contributed by atoms with Crippen LogP contribution in [0.1, 0.15) is 37.4 Å². The van der Waals surface area contributed by atoms with Gasteiger partial charge in [-0.15, -0.1) is 0 Å². The lowest BCUT2D eigenvalue weighted by Crippen LogP contribution is -2.44. The fourth-order valence-corrected chi connectivity index (χ4v) is 3.87. The van der Waals surface area contributed by atoms with Crippen LogP contribution in [0.4, 0.5) is 10.5 Å². The molecule has 1 atom stereocenters. The predicted octanol–water partition coefficient (Wildman–Crippen LogP) is 2.19. The molecule has 2 aromatic rings. The van der Waals surface area contributed by atoms with Crippen molar-refractivity contribution < 1.29 is 4.79 Å². The number of aromatic nitrogens is 3. The molecule has 0 radical (unpaired) electrons. The Kier molecular flexibility index (Phi) is 4.23. The summed E-state index contributed by atoms with van der Waals surface area (Å²) in [6.07, 6.45) is 6.64. The molecule has 0 unspecified atom stereocenters. The molecular weight excluding hydrogens is 316 g/mol. The van der Waals surface area contributed by atoms with E-state index in [2.05, 4.69) is 23.2 Å². The molecule has 0 saturated carbocycles. The summed E-state index contributed by atoms with van der Waals surface area (Å²) < 4.78 is 1.90. The third-order valence-corrected chi connectivity index (χ3v) is 5.24. The fourth-order valence-electron chi connectivity index (χ4n) is 3.87. The van der Waals surface area contributed by atoms with E-state index in [1.54, 1.807) is 19.0 Å². The van der Waals surface area contributed by atoms with E-state index in [1.807, 2.05) is 9.42 Å². The number of hydrogen-bond donors (Lipinski definition) is 0. The van der Waals surface area contributed by atoms with Crippen LogP contribution in [0.15, 0.2) is 18.3 Å². The molecule has 2 amide bonds. The van der Waals surface area contributed by atoms with Crippen molar-refractivity contribution in [3.63, 3.8) is 0 Å². The van der Waals surface area contributed by atoms with Crippen LogP contribution in [-0.2, 0) is 0 Å². The first kappa shape index (κ1) is 16.2. The number of hydrogen-bond acceptors (Lipinski definition) is 4. The molecule has 134 valence electrons. The molecule has 7 nitrogen and oxygen atoms in total. The van der Waals surface area contributed by atoms with Crippen molar-refractivity contribution in [3.8, 4) is 0 Å². The van der Waals surface area contributed by atoms with Crippen LogP contribution >= 0.6 is 0 Å². The van der Waals surface area contributed by atoms with Gasteiger partial charge in [0.15, 0.2) is 11.5 Å². The second-order valence-electron chi connectivity index (χ2n) is 7.32. The van der Waals surface area contributed by atoms with E-state index in [4.69, 9.17) is 10.1 Å². The van der Waals surface area contributed by atoms with E-state index >= 15 is 0 Å². The number of carbonyl (C=O) groups excluding carboxylic acids is 1. The Labute approximate surface area is 148 Å². The first-order chi connectivity index (χ1) is 12.1. The zero-order valence-corrected chi connectivity index (χ0v) is 15.1. The Hall–Kier alpha value is -2.31. The smallest absolute Gasteiger partial charge is 0.319 e. The van der Waals surface area contributed by atoms with Crippen molar-refractivity contribution >= 4 is 17.4 Å². The third-order valence-electron chi connectivity index (χ3n) is 5.24. The van der Waals surface area contributed by atoms with E-state index in [9.17, 15) is 4.79 Å². The molecule has 25 heavy (non-hydrogen) atoms. The molecule has 0 N–H and O–H groups in total. The number of likely N-dealkylation sites (tertiary alicyclic amines) is 1. The van der Waals surface area contributed by atoms with Crippen molar-refractivity contribution in [1.82, 2.24) is 24.4 Å². The average molecular weight is 342 g/mol. The van der Waals surface area contributed by atoms with Crippen molar-refractivity contribution in [2.45, 2.75) is 31.6 Å². The second-order valence-corrected chi connectivity index (χ2v) is 7.32. The van der Waals surface area contributed by atoms with Crippen LogP contribution in [0.3, 0.4) is 0 Å². The normalized spacial score (nSPS) is 21.1. The number of carbonyl (C=O) groups is 1. The van der Waals surface area contributed by atoms with Crippen LogP contribution in [0.2, 0.25) is 0 Å². The molecule has 7 heteroatoms. The molecule has 4 rings (SSSR count). The first-order valence-electron chi connectivity index (χ1n) is 9.19. The first-order valence-corrected chi connectivity index (χ1v) is 9.19. The summed E-state index contributed by atoms with van der Waals surface area (Å²) in [5, 5.41) is 4.73. The SMILES string of the molecule is CN(C)C(=O)N1CCC[C@H](c2nc3ccc(N4CCCC4)cn3n2)C1. The third kappa shape index (κ3) is 3.15. The Bertz CT molecular complexity index is 764. The summed E-state index contributed by atoms with van der Waals surface area (Å²) >= 11 is 0. The molecule has 2 fully saturated rings. The van der Waals surface area contributed by atoms with Gasteiger partial charge in [0.1, 0.15) is 0 Å². The molecule has 2 aliphatic heterocycles. The minimum Gasteiger partial charge on any atom is -0.370 e. The van der Waals surface area contributed by atoms with Gasteiger partial charge in [-0.2, -0.15) is 5.10 Å². The Morgan fingerprint density at radius 2 is 1.96 bits per heavy atom. The fraction of sp³-hybridized carbons (Fsp3) is 0.611. The number of urea groups is 1. The van der Waals surface area contributed by atoms with Gasteiger partial charge < -0.3 is 14.7 Å². The molecule has 0 aliphatic carbocycles. The number of fused-ring (bicyclic) bond motifs is 1. The van der Waals surface area contributed by atoms with Crippen molar-refractivity contribution in [2.75, 3.05) is 45.2 Å². The summed E-state index contributed by atoms with van der Waals surface area (Å²) in [6, 6.07) is 4.27. The van der Waals surface area contributed by atoms with Gasteiger partial charge in [0, 0.05) is 46.2 Å². The Morgan fingerprint density at radius 1 is 1.16 bits per heavy atom. The monoisotopic (exact) mass is 342 g/mol.